The van der Waals surface area contributed by atoms with Gasteiger partial charge in [-0.25, -0.2) is 0 Å². The van der Waals surface area contributed by atoms with E-state index in [0.717, 1.165) is 22.4 Å². The quantitative estimate of drug-likeness (QED) is 0.617. The number of carbonyl (C=O) groups excluding carboxylic acids is 3. The molecule has 1 saturated heterocycles. The normalized spacial score (nSPS) is 16.1. The summed E-state index contributed by atoms with van der Waals surface area (Å²) in [6, 6.07) is 15.1. The first-order chi connectivity index (χ1) is 13.5. The Morgan fingerprint density at radius 3 is 2.57 bits per heavy atom. The van der Waals surface area contributed by atoms with Gasteiger partial charge in [-0.3, -0.25) is 14.4 Å². The number of benzene rings is 2. The molecular weight excluding hydrogens is 356 g/mol. The van der Waals surface area contributed by atoms with Crippen LogP contribution in [-0.4, -0.2) is 30.9 Å². The third-order valence-electron chi connectivity index (χ3n) is 4.97. The maximum Gasteiger partial charge on any atom is 0.325 e. The van der Waals surface area contributed by atoms with Crippen LogP contribution in [0.5, 0.6) is 0 Å². The van der Waals surface area contributed by atoms with Gasteiger partial charge in [0.1, 0.15) is 19.1 Å². The van der Waals surface area contributed by atoms with E-state index in [2.05, 4.69) is 5.32 Å². The molecule has 2 aromatic carbocycles. The van der Waals surface area contributed by atoms with Crippen LogP contribution in [0.1, 0.15) is 23.1 Å². The average Bonchev–Trinajstić information content (AvgIpc) is 3.09. The van der Waals surface area contributed by atoms with Crippen molar-refractivity contribution in [2.45, 2.75) is 26.9 Å². The van der Waals surface area contributed by atoms with E-state index in [-0.39, 0.29) is 19.1 Å². The molecule has 1 unspecified atom stereocenters. The summed E-state index contributed by atoms with van der Waals surface area (Å²) in [6.45, 7) is 4.39. The molecule has 0 aromatic heterocycles. The monoisotopic (exact) mass is 380 g/mol. The van der Waals surface area contributed by atoms with Crippen molar-refractivity contribution in [2.75, 3.05) is 18.0 Å². The zero-order valence-electron chi connectivity index (χ0n) is 16.1. The van der Waals surface area contributed by atoms with E-state index in [1.165, 1.54) is 0 Å². The lowest BCUT2D eigenvalue weighted by Crippen LogP contribution is -2.39. The van der Waals surface area contributed by atoms with Gasteiger partial charge >= 0.3 is 5.97 Å². The van der Waals surface area contributed by atoms with Crippen molar-refractivity contribution in [3.05, 3.63) is 65.2 Å². The summed E-state index contributed by atoms with van der Waals surface area (Å²) in [7, 11) is 0. The van der Waals surface area contributed by atoms with Gasteiger partial charge in [-0.15, -0.1) is 0 Å². The largest absolute Gasteiger partial charge is 0.460 e. The number of amides is 2. The van der Waals surface area contributed by atoms with E-state index < -0.39 is 17.8 Å². The van der Waals surface area contributed by atoms with Crippen molar-refractivity contribution in [2.24, 2.45) is 5.92 Å². The highest BCUT2D eigenvalue weighted by Crippen LogP contribution is 2.27. The number of ether oxygens (including phenoxy) is 1. The van der Waals surface area contributed by atoms with Gasteiger partial charge in [0.05, 0.1) is 0 Å². The molecule has 0 aliphatic carbocycles. The summed E-state index contributed by atoms with van der Waals surface area (Å²) in [5.41, 5.74) is 3.92. The van der Waals surface area contributed by atoms with E-state index in [9.17, 15) is 14.4 Å². The fraction of sp³-hybridized carbons (Fsp3) is 0.318. The molecule has 1 atom stereocenters. The Balaban J connectivity index is 1.50. The topological polar surface area (TPSA) is 75.7 Å². The molecule has 28 heavy (non-hydrogen) atoms. The molecule has 0 saturated carbocycles. The Bertz CT molecular complexity index is 879. The van der Waals surface area contributed by atoms with Crippen LogP contribution in [-0.2, 0) is 25.7 Å². The summed E-state index contributed by atoms with van der Waals surface area (Å²) in [4.78, 5) is 38.5. The van der Waals surface area contributed by atoms with Crippen LogP contribution in [0.3, 0.4) is 0 Å². The molecule has 1 aliphatic heterocycles. The number of nitrogens with one attached hydrogen (secondary N) is 1. The highest BCUT2D eigenvalue weighted by atomic mass is 16.5. The van der Waals surface area contributed by atoms with E-state index >= 15 is 0 Å². The Kier molecular flexibility index (Phi) is 6.09. The van der Waals surface area contributed by atoms with Gasteiger partial charge in [0.25, 0.3) is 0 Å². The van der Waals surface area contributed by atoms with Gasteiger partial charge in [0.15, 0.2) is 0 Å². The van der Waals surface area contributed by atoms with Gasteiger partial charge in [0.2, 0.25) is 11.8 Å². The van der Waals surface area contributed by atoms with E-state index in [4.69, 9.17) is 4.74 Å². The molecule has 6 heteroatoms. The number of hydrogen-bond donors (Lipinski definition) is 1. The van der Waals surface area contributed by atoms with Gasteiger partial charge < -0.3 is 15.0 Å². The molecule has 146 valence electrons. The summed E-state index contributed by atoms with van der Waals surface area (Å²) in [5, 5.41) is 2.52. The lowest BCUT2D eigenvalue weighted by Gasteiger charge is -2.18. The Morgan fingerprint density at radius 1 is 1.11 bits per heavy atom. The number of rotatable bonds is 6. The second-order valence-electron chi connectivity index (χ2n) is 6.96. The van der Waals surface area contributed by atoms with Crippen molar-refractivity contribution in [3.8, 4) is 0 Å². The van der Waals surface area contributed by atoms with E-state index in [0.29, 0.717) is 13.0 Å². The van der Waals surface area contributed by atoms with Gasteiger partial charge in [-0.2, -0.15) is 0 Å². The maximum atomic E-state index is 12.6. The summed E-state index contributed by atoms with van der Waals surface area (Å²) in [6.07, 6.45) is 0.427. The fourth-order valence-electron chi connectivity index (χ4n) is 3.14. The molecule has 1 aliphatic rings. The van der Waals surface area contributed by atoms with Gasteiger partial charge in [0, 0.05) is 12.2 Å². The van der Waals surface area contributed by atoms with E-state index in [1.807, 2.05) is 62.4 Å². The van der Waals surface area contributed by atoms with Crippen LogP contribution in [0.15, 0.2) is 48.5 Å². The highest BCUT2D eigenvalue weighted by molar-refractivity contribution is 6.10. The lowest BCUT2D eigenvalue weighted by molar-refractivity contribution is -0.146. The third kappa shape index (κ3) is 4.57. The minimum atomic E-state index is -0.775. The molecule has 2 amide bonds. The molecule has 0 bridgehead atoms. The number of esters is 1. The molecule has 0 radical (unpaired) electrons. The predicted octanol–water partition coefficient (Wildman–Crippen LogP) is 2.52. The van der Waals surface area contributed by atoms with Crippen molar-refractivity contribution in [1.82, 2.24) is 5.32 Å². The zero-order chi connectivity index (χ0) is 20.1. The molecule has 3 rings (SSSR count). The Hall–Kier alpha value is -3.15. The smallest absolute Gasteiger partial charge is 0.325 e. The van der Waals surface area contributed by atoms with Crippen LogP contribution in [0, 0.1) is 19.8 Å². The molecule has 1 heterocycles. The fourth-order valence-corrected chi connectivity index (χ4v) is 3.14. The summed E-state index contributed by atoms with van der Waals surface area (Å²) in [5.74, 6) is -1.98. The summed E-state index contributed by atoms with van der Waals surface area (Å²) >= 11 is 0. The first kappa shape index (κ1) is 19.6. The van der Waals surface area contributed by atoms with Crippen LogP contribution in [0.2, 0.25) is 0 Å². The number of aryl methyl sites for hydroxylation is 2. The van der Waals surface area contributed by atoms with Crippen molar-refractivity contribution in [3.63, 3.8) is 0 Å². The average molecular weight is 380 g/mol. The second kappa shape index (κ2) is 8.69. The van der Waals surface area contributed by atoms with Crippen LogP contribution in [0.25, 0.3) is 0 Å². The minimum Gasteiger partial charge on any atom is -0.460 e. The zero-order valence-corrected chi connectivity index (χ0v) is 16.1. The number of anilines is 1. The van der Waals surface area contributed by atoms with Crippen molar-refractivity contribution in [1.29, 1.82) is 0 Å². The molecule has 6 nitrogen and oxygen atoms in total. The van der Waals surface area contributed by atoms with Gasteiger partial charge in [-0.05, 0) is 49.1 Å². The molecule has 1 fully saturated rings. The van der Waals surface area contributed by atoms with Crippen molar-refractivity contribution < 1.29 is 19.1 Å². The second-order valence-corrected chi connectivity index (χ2v) is 6.96. The Morgan fingerprint density at radius 2 is 1.86 bits per heavy atom. The highest BCUT2D eigenvalue weighted by Gasteiger charge is 2.37. The molecule has 2 aromatic rings. The molecule has 0 spiro atoms. The maximum absolute atomic E-state index is 12.6. The van der Waals surface area contributed by atoms with Crippen molar-refractivity contribution >= 4 is 23.5 Å². The number of nitrogens with zero attached hydrogens (tertiary/aromatic N) is 1. The first-order valence-electron chi connectivity index (χ1n) is 9.31. The third-order valence-corrected chi connectivity index (χ3v) is 4.97. The minimum absolute atomic E-state index is 0.151. The first-order valence-corrected chi connectivity index (χ1v) is 9.31. The predicted molar refractivity (Wildman–Crippen MR) is 106 cm³/mol. The standard InChI is InChI=1S/C22H24N2O4/c1-15-8-9-18(12-16(15)2)24-11-10-19(22(24)27)21(26)23-13-20(25)28-14-17-6-4-3-5-7-17/h3-9,12,19H,10-11,13-14H2,1-2H3,(H,23,26). The van der Waals surface area contributed by atoms with Crippen LogP contribution < -0.4 is 10.2 Å². The Labute approximate surface area is 164 Å². The SMILES string of the molecule is Cc1ccc(N2CCC(C(=O)NCC(=O)OCc3ccccc3)C2=O)cc1C. The van der Waals surface area contributed by atoms with Crippen LogP contribution >= 0.6 is 0 Å². The number of carbonyl (C=O) groups is 3. The summed E-state index contributed by atoms with van der Waals surface area (Å²) < 4.78 is 5.13. The van der Waals surface area contributed by atoms with Crippen LogP contribution in [0.4, 0.5) is 5.69 Å². The lowest BCUT2D eigenvalue weighted by atomic mass is 10.1. The molecule has 1 N–H and O–H groups in total. The van der Waals surface area contributed by atoms with Gasteiger partial charge in [-0.1, -0.05) is 36.4 Å². The molecular formula is C22H24N2O4. The number of hydrogen-bond acceptors (Lipinski definition) is 4. The van der Waals surface area contributed by atoms with E-state index in [1.54, 1.807) is 4.90 Å².